The number of nitrogens with two attached hydrogens (primary N) is 1. The smallest absolute Gasteiger partial charge is 0.239 e. The van der Waals surface area contributed by atoms with Crippen molar-refractivity contribution >= 4 is 17.7 Å². The molecule has 1 rings (SSSR count). The van der Waals surface area contributed by atoms with Gasteiger partial charge in [0.15, 0.2) is 0 Å². The van der Waals surface area contributed by atoms with E-state index < -0.39 is 0 Å². The monoisotopic (exact) mass is 146 g/mol. The molecule has 9 heavy (non-hydrogen) atoms. The molecule has 1 aliphatic rings. The summed E-state index contributed by atoms with van der Waals surface area (Å²) in [6, 6.07) is 0. The fraction of sp³-hybridized carbons (Fsp3) is 0.800. The molecule has 52 valence electrons. The number of primary amides is 1. The van der Waals surface area contributed by atoms with Gasteiger partial charge in [-0.1, -0.05) is 0 Å². The molecule has 0 aromatic rings. The summed E-state index contributed by atoms with van der Waals surface area (Å²) in [6.07, 6.45) is 0. The Labute approximate surface area is 58.4 Å². The molecule has 4 heteroatoms. The van der Waals surface area contributed by atoms with Crippen LogP contribution in [-0.2, 0) is 4.79 Å². The second kappa shape index (κ2) is 2.19. The van der Waals surface area contributed by atoms with E-state index in [2.05, 4.69) is 5.32 Å². The summed E-state index contributed by atoms with van der Waals surface area (Å²) >= 11 is 1.73. The van der Waals surface area contributed by atoms with Crippen molar-refractivity contribution in [2.24, 2.45) is 5.73 Å². The van der Waals surface area contributed by atoms with E-state index in [1.807, 2.05) is 0 Å². The Kier molecular flexibility index (Phi) is 1.68. The number of hydrogen-bond acceptors (Lipinski definition) is 3. The van der Waals surface area contributed by atoms with Gasteiger partial charge in [0.05, 0.1) is 0 Å². The summed E-state index contributed by atoms with van der Waals surface area (Å²) < 4.78 is 0. The molecule has 3 nitrogen and oxygen atoms in total. The van der Waals surface area contributed by atoms with Gasteiger partial charge in [-0.2, -0.15) is 11.8 Å². The Morgan fingerprint density at radius 3 is 2.33 bits per heavy atom. The van der Waals surface area contributed by atoms with Crippen molar-refractivity contribution in [2.75, 3.05) is 18.6 Å². The Bertz CT molecular complexity index is 127. The van der Waals surface area contributed by atoms with Gasteiger partial charge in [-0.15, -0.1) is 0 Å². The average molecular weight is 146 g/mol. The van der Waals surface area contributed by atoms with Crippen LogP contribution in [0.2, 0.25) is 0 Å². The van der Waals surface area contributed by atoms with Crippen molar-refractivity contribution in [3.8, 4) is 0 Å². The fourth-order valence-electron chi connectivity index (χ4n) is 0.716. The SMILES string of the molecule is CNC1(C(N)=O)CSC1. The van der Waals surface area contributed by atoms with Gasteiger partial charge >= 0.3 is 0 Å². The quantitative estimate of drug-likeness (QED) is 0.535. The summed E-state index contributed by atoms with van der Waals surface area (Å²) in [7, 11) is 1.77. The number of rotatable bonds is 2. The Morgan fingerprint density at radius 1 is 1.78 bits per heavy atom. The van der Waals surface area contributed by atoms with E-state index >= 15 is 0 Å². The summed E-state index contributed by atoms with van der Waals surface area (Å²) in [5.74, 6) is 1.40. The number of thioether (sulfide) groups is 1. The maximum atomic E-state index is 10.7. The predicted octanol–water partition coefficient (Wildman–Crippen LogP) is -0.823. The molecule has 0 bridgehead atoms. The van der Waals surface area contributed by atoms with Crippen molar-refractivity contribution in [1.82, 2.24) is 5.32 Å². The van der Waals surface area contributed by atoms with Crippen LogP contribution < -0.4 is 11.1 Å². The minimum absolute atomic E-state index is 0.233. The molecule has 0 spiro atoms. The Hall–Kier alpha value is -0.220. The molecule has 0 aliphatic carbocycles. The minimum Gasteiger partial charge on any atom is -0.368 e. The van der Waals surface area contributed by atoms with Gasteiger partial charge in [-0.25, -0.2) is 0 Å². The van der Waals surface area contributed by atoms with Gasteiger partial charge in [-0.3, -0.25) is 4.79 Å². The lowest BCUT2D eigenvalue weighted by Crippen LogP contribution is -2.63. The highest BCUT2D eigenvalue weighted by molar-refractivity contribution is 8.01. The largest absolute Gasteiger partial charge is 0.368 e. The molecule has 0 saturated carbocycles. The first-order valence-corrected chi connectivity index (χ1v) is 3.93. The zero-order valence-corrected chi connectivity index (χ0v) is 6.12. The highest BCUT2D eigenvalue weighted by Gasteiger charge is 2.41. The summed E-state index contributed by atoms with van der Waals surface area (Å²) in [4.78, 5) is 10.7. The molecule has 1 heterocycles. The van der Waals surface area contributed by atoms with E-state index in [1.54, 1.807) is 18.8 Å². The molecule has 1 amide bonds. The van der Waals surface area contributed by atoms with Crippen LogP contribution in [0.3, 0.4) is 0 Å². The zero-order chi connectivity index (χ0) is 6.91. The van der Waals surface area contributed by atoms with Crippen LogP contribution in [0, 0.1) is 0 Å². The third-order valence-corrected chi connectivity index (χ3v) is 3.04. The second-order valence-corrected chi connectivity index (χ2v) is 3.17. The van der Waals surface area contributed by atoms with Crippen molar-refractivity contribution < 1.29 is 4.79 Å². The molecule has 1 aliphatic heterocycles. The number of hydrogen-bond donors (Lipinski definition) is 2. The first-order valence-electron chi connectivity index (χ1n) is 2.78. The summed E-state index contributed by atoms with van der Waals surface area (Å²) in [6.45, 7) is 0. The second-order valence-electron chi connectivity index (χ2n) is 2.19. The Morgan fingerprint density at radius 2 is 2.33 bits per heavy atom. The first-order chi connectivity index (χ1) is 4.21. The molecule has 0 aromatic carbocycles. The summed E-state index contributed by atoms with van der Waals surface area (Å²) in [5, 5.41) is 2.92. The highest BCUT2D eigenvalue weighted by Crippen LogP contribution is 2.28. The normalized spacial score (nSPS) is 22.8. The number of amides is 1. The molecular formula is C5H10N2OS. The van der Waals surface area contributed by atoms with Crippen LogP contribution >= 0.6 is 11.8 Å². The van der Waals surface area contributed by atoms with E-state index in [9.17, 15) is 4.79 Å². The number of nitrogens with one attached hydrogen (secondary N) is 1. The number of carbonyl (C=O) groups excluding carboxylic acids is 1. The van der Waals surface area contributed by atoms with Crippen molar-refractivity contribution in [2.45, 2.75) is 5.54 Å². The highest BCUT2D eigenvalue weighted by atomic mass is 32.2. The van der Waals surface area contributed by atoms with Crippen LogP contribution in [0.1, 0.15) is 0 Å². The Balaban J connectivity index is 2.57. The van der Waals surface area contributed by atoms with Crippen LogP contribution in [0.5, 0.6) is 0 Å². The topological polar surface area (TPSA) is 55.1 Å². The fourth-order valence-corrected chi connectivity index (χ4v) is 1.90. The molecular weight excluding hydrogens is 136 g/mol. The van der Waals surface area contributed by atoms with Gasteiger partial charge in [-0.05, 0) is 7.05 Å². The van der Waals surface area contributed by atoms with E-state index in [-0.39, 0.29) is 11.4 Å². The lowest BCUT2D eigenvalue weighted by Gasteiger charge is -2.37. The maximum absolute atomic E-state index is 10.7. The van der Waals surface area contributed by atoms with Crippen molar-refractivity contribution in [1.29, 1.82) is 0 Å². The standard InChI is InChI=1S/C5H10N2OS/c1-7-5(4(6)8)2-9-3-5/h7H,2-3H2,1H3,(H2,6,8). The van der Waals surface area contributed by atoms with Crippen LogP contribution in [0.25, 0.3) is 0 Å². The van der Waals surface area contributed by atoms with E-state index in [0.717, 1.165) is 11.5 Å². The van der Waals surface area contributed by atoms with E-state index in [1.165, 1.54) is 0 Å². The maximum Gasteiger partial charge on any atom is 0.239 e. The van der Waals surface area contributed by atoms with Gasteiger partial charge in [0.25, 0.3) is 0 Å². The number of carbonyl (C=O) groups is 1. The molecule has 3 N–H and O–H groups in total. The molecule has 0 atom stereocenters. The molecule has 0 unspecified atom stereocenters. The van der Waals surface area contributed by atoms with Gasteiger partial charge in [0, 0.05) is 11.5 Å². The molecule has 0 aromatic heterocycles. The third-order valence-electron chi connectivity index (χ3n) is 1.65. The lowest BCUT2D eigenvalue weighted by atomic mass is 10.0. The third kappa shape index (κ3) is 0.923. The average Bonchev–Trinajstić information content (AvgIpc) is 1.62. The minimum atomic E-state index is -0.384. The van der Waals surface area contributed by atoms with Gasteiger partial charge < -0.3 is 11.1 Å². The van der Waals surface area contributed by atoms with Gasteiger partial charge in [0.1, 0.15) is 5.54 Å². The van der Waals surface area contributed by atoms with Crippen molar-refractivity contribution in [3.63, 3.8) is 0 Å². The lowest BCUT2D eigenvalue weighted by molar-refractivity contribution is -0.122. The van der Waals surface area contributed by atoms with Crippen molar-refractivity contribution in [3.05, 3.63) is 0 Å². The molecule has 1 fully saturated rings. The summed E-state index contributed by atoms with van der Waals surface area (Å²) in [5.41, 5.74) is 4.74. The predicted molar refractivity (Wildman–Crippen MR) is 38.3 cm³/mol. The molecule has 1 saturated heterocycles. The van der Waals surface area contributed by atoms with Crippen LogP contribution in [0.15, 0.2) is 0 Å². The van der Waals surface area contributed by atoms with Gasteiger partial charge in [0.2, 0.25) is 5.91 Å². The van der Waals surface area contributed by atoms with E-state index in [4.69, 9.17) is 5.73 Å². The molecule has 0 radical (unpaired) electrons. The zero-order valence-electron chi connectivity index (χ0n) is 5.31. The van der Waals surface area contributed by atoms with Crippen LogP contribution in [0.4, 0.5) is 0 Å². The van der Waals surface area contributed by atoms with E-state index in [0.29, 0.717) is 0 Å². The first kappa shape index (κ1) is 6.89. The number of likely N-dealkylation sites (N-methyl/N-ethyl adjacent to an activating group) is 1. The van der Waals surface area contributed by atoms with Crippen LogP contribution in [-0.4, -0.2) is 30.0 Å².